The Hall–Kier alpha value is -0.450. The zero-order valence-electron chi connectivity index (χ0n) is 23.2. The number of nitrogens with one attached hydrogen (secondary N) is 2. The van der Waals surface area contributed by atoms with Gasteiger partial charge in [-0.2, -0.15) is 0 Å². The molecule has 0 aliphatic heterocycles. The van der Waals surface area contributed by atoms with E-state index in [1.54, 1.807) is 6.92 Å². The van der Waals surface area contributed by atoms with Gasteiger partial charge in [-0.3, -0.25) is 0 Å². The fourth-order valence-electron chi connectivity index (χ4n) is 9.75. The summed E-state index contributed by atoms with van der Waals surface area (Å²) in [5.74, 6) is 4.88. The first-order chi connectivity index (χ1) is 16.1. The molecule has 0 spiro atoms. The largest absolute Gasteiger partial charge is 0.327 e. The summed E-state index contributed by atoms with van der Waals surface area (Å²) >= 11 is 0. The van der Waals surface area contributed by atoms with E-state index in [1.165, 1.54) is 51.4 Å². The summed E-state index contributed by atoms with van der Waals surface area (Å²) in [6.07, 6.45) is 12.6. The van der Waals surface area contributed by atoms with Crippen molar-refractivity contribution in [2.24, 2.45) is 52.1 Å². The maximum Gasteiger partial charge on any atom is 0.129 e. The second-order valence-corrected chi connectivity index (χ2v) is 13.9. The summed E-state index contributed by atoms with van der Waals surface area (Å²) in [4.78, 5) is 11.6. The van der Waals surface area contributed by atoms with Crippen molar-refractivity contribution in [1.82, 2.24) is 10.6 Å². The highest BCUT2D eigenvalue weighted by Crippen LogP contribution is 2.68. The van der Waals surface area contributed by atoms with Gasteiger partial charge in [0.05, 0.1) is 0 Å². The molecule has 4 rings (SSSR count). The lowest BCUT2D eigenvalue weighted by Crippen LogP contribution is -2.61. The lowest BCUT2D eigenvalue weighted by molar-refractivity contribution is -0.126. The van der Waals surface area contributed by atoms with E-state index in [2.05, 4.69) is 45.3 Å². The number of rotatable bonds is 9. The van der Waals surface area contributed by atoms with Crippen molar-refractivity contribution in [3.05, 3.63) is 0 Å². The van der Waals surface area contributed by atoms with Crippen LogP contribution >= 0.6 is 0 Å². The quantitative estimate of drug-likeness (QED) is 0.384. The molecule has 4 aliphatic rings. The van der Waals surface area contributed by atoms with Crippen LogP contribution in [0.15, 0.2) is 0 Å². The molecule has 0 aromatic heterocycles. The van der Waals surface area contributed by atoms with Gasteiger partial charge in [0.2, 0.25) is 0 Å². The second kappa shape index (κ2) is 10.5. The Bertz CT molecular complexity index is 709. The van der Waals surface area contributed by atoms with Gasteiger partial charge >= 0.3 is 0 Å². The number of hydrogen-bond acceptors (Lipinski definition) is 4. The first-order valence-electron chi connectivity index (χ1n) is 14.8. The number of Topliss-reactive ketones (excluding diaryl/α,β-unsaturated/α-hetero) is 1. The summed E-state index contributed by atoms with van der Waals surface area (Å²) < 4.78 is 0. The third-order valence-corrected chi connectivity index (χ3v) is 11.6. The van der Waals surface area contributed by atoms with Gasteiger partial charge in [0.25, 0.3) is 0 Å². The van der Waals surface area contributed by atoms with Gasteiger partial charge in [-0.05, 0) is 111 Å². The lowest BCUT2D eigenvalue weighted by atomic mass is 9.43. The van der Waals surface area contributed by atoms with Crippen molar-refractivity contribution < 1.29 is 4.79 Å². The molecule has 0 heterocycles. The molecule has 196 valence electrons. The minimum Gasteiger partial charge on any atom is -0.327 e. The van der Waals surface area contributed by atoms with Gasteiger partial charge in [0.1, 0.15) is 5.78 Å². The molecular formula is C30H55N3O. The predicted molar refractivity (Wildman–Crippen MR) is 143 cm³/mol. The monoisotopic (exact) mass is 473 g/mol. The Kier molecular flexibility index (Phi) is 8.22. The van der Waals surface area contributed by atoms with Gasteiger partial charge in [0.15, 0.2) is 0 Å². The molecule has 0 bridgehead atoms. The number of fused-ring (bicyclic) bond motifs is 5. The molecule has 7 unspecified atom stereocenters. The smallest absolute Gasteiger partial charge is 0.129 e. The molecule has 0 aromatic rings. The maximum absolute atomic E-state index is 11.6. The molecule has 0 radical (unpaired) electrons. The van der Waals surface area contributed by atoms with Crippen LogP contribution in [0.3, 0.4) is 0 Å². The summed E-state index contributed by atoms with van der Waals surface area (Å²) in [5.41, 5.74) is 8.03. The number of ketones is 1. The highest BCUT2D eigenvalue weighted by molar-refractivity contribution is 5.75. The van der Waals surface area contributed by atoms with Crippen LogP contribution in [-0.4, -0.2) is 37.0 Å². The van der Waals surface area contributed by atoms with Gasteiger partial charge in [-0.15, -0.1) is 0 Å². The number of carbonyl (C=O) groups is 1. The fraction of sp³-hybridized carbons (Fsp3) is 0.967. The minimum absolute atomic E-state index is 0.352. The van der Waals surface area contributed by atoms with Crippen LogP contribution in [0.25, 0.3) is 0 Å². The first-order valence-corrected chi connectivity index (χ1v) is 14.8. The molecule has 34 heavy (non-hydrogen) atoms. The van der Waals surface area contributed by atoms with Crippen molar-refractivity contribution >= 4 is 5.78 Å². The van der Waals surface area contributed by atoms with Gasteiger partial charge < -0.3 is 21.2 Å². The molecule has 10 atom stereocenters. The molecule has 4 saturated carbocycles. The summed E-state index contributed by atoms with van der Waals surface area (Å²) in [6, 6.07) is 1.61. The number of hydrogen-bond donors (Lipinski definition) is 3. The zero-order valence-corrected chi connectivity index (χ0v) is 23.2. The van der Waals surface area contributed by atoms with E-state index in [1.807, 2.05) is 0 Å². The average Bonchev–Trinajstić information content (AvgIpc) is 3.13. The van der Waals surface area contributed by atoms with E-state index in [0.29, 0.717) is 46.6 Å². The van der Waals surface area contributed by atoms with Gasteiger partial charge in [-0.1, -0.05) is 34.6 Å². The molecule has 4 nitrogen and oxygen atoms in total. The topological polar surface area (TPSA) is 67.2 Å². The molecule has 4 heteroatoms. The maximum atomic E-state index is 11.6. The summed E-state index contributed by atoms with van der Waals surface area (Å²) in [7, 11) is 0. The van der Waals surface area contributed by atoms with E-state index in [-0.39, 0.29) is 0 Å². The van der Waals surface area contributed by atoms with Crippen molar-refractivity contribution in [1.29, 1.82) is 0 Å². The highest BCUT2D eigenvalue weighted by atomic mass is 16.1. The molecule has 0 saturated heterocycles. The average molecular weight is 474 g/mol. The SMILES string of the molecule is CC(=O)CC[C@@H](C)C1CCC2C3C(CCC21C)C1(C)CCC(NCCNC(C)C)C[C@@H]1C[C@H]3N. The lowest BCUT2D eigenvalue weighted by Gasteiger charge is -2.63. The van der Waals surface area contributed by atoms with Crippen LogP contribution in [-0.2, 0) is 4.79 Å². The van der Waals surface area contributed by atoms with Crippen LogP contribution in [0, 0.1) is 46.3 Å². The van der Waals surface area contributed by atoms with Crippen LogP contribution in [0.1, 0.15) is 106 Å². The van der Waals surface area contributed by atoms with Crippen LogP contribution in [0.4, 0.5) is 0 Å². The van der Waals surface area contributed by atoms with Crippen LogP contribution in [0.5, 0.6) is 0 Å². The summed E-state index contributed by atoms with van der Waals surface area (Å²) in [5, 5.41) is 7.41. The van der Waals surface area contributed by atoms with Gasteiger partial charge in [0, 0.05) is 37.6 Å². The number of nitrogens with two attached hydrogens (primary N) is 1. The molecule has 0 aromatic carbocycles. The van der Waals surface area contributed by atoms with Gasteiger partial charge in [-0.25, -0.2) is 0 Å². The fourth-order valence-corrected chi connectivity index (χ4v) is 9.75. The van der Waals surface area contributed by atoms with Crippen LogP contribution < -0.4 is 16.4 Å². The highest BCUT2D eigenvalue weighted by Gasteiger charge is 2.62. The van der Waals surface area contributed by atoms with Crippen molar-refractivity contribution in [2.45, 2.75) is 124 Å². The standard InChI is InChI=1S/C30H55N3O/c1-19(2)32-15-16-33-23-11-13-29(5)22(17-23)18-27(31)28-25-10-9-24(20(3)7-8-21(4)34)30(25,6)14-12-26(28)29/h19-20,22-28,32-33H,7-18,31H2,1-6H3/t20-,22-,23?,24?,25?,26?,27-,28?,29?,30?/m1/s1. The first kappa shape index (κ1) is 26.6. The van der Waals surface area contributed by atoms with E-state index in [4.69, 9.17) is 5.73 Å². The Balaban J connectivity index is 1.42. The number of carbonyl (C=O) groups excluding carboxylic acids is 1. The summed E-state index contributed by atoms with van der Waals surface area (Å²) in [6.45, 7) is 16.0. The normalized spacial score (nSPS) is 44.9. The van der Waals surface area contributed by atoms with Crippen molar-refractivity contribution in [3.8, 4) is 0 Å². The van der Waals surface area contributed by atoms with E-state index >= 15 is 0 Å². The van der Waals surface area contributed by atoms with Crippen molar-refractivity contribution in [2.75, 3.05) is 13.1 Å². The molecule has 4 fully saturated rings. The molecular weight excluding hydrogens is 418 g/mol. The van der Waals surface area contributed by atoms with Crippen molar-refractivity contribution in [3.63, 3.8) is 0 Å². The van der Waals surface area contributed by atoms with E-state index in [9.17, 15) is 4.79 Å². The Morgan fingerprint density at radius 1 is 0.971 bits per heavy atom. The van der Waals surface area contributed by atoms with E-state index < -0.39 is 0 Å². The second-order valence-electron chi connectivity index (χ2n) is 13.9. The minimum atomic E-state index is 0.352. The Labute approximate surface area is 210 Å². The predicted octanol–water partition coefficient (Wildman–Crippen LogP) is 5.54. The zero-order chi connectivity index (χ0) is 24.7. The third kappa shape index (κ3) is 5.02. The third-order valence-electron chi connectivity index (χ3n) is 11.6. The molecule has 4 N–H and O–H groups in total. The molecule has 4 aliphatic carbocycles. The van der Waals surface area contributed by atoms with E-state index in [0.717, 1.165) is 49.6 Å². The molecule has 0 amide bonds. The van der Waals surface area contributed by atoms with Crippen LogP contribution in [0.2, 0.25) is 0 Å². The Morgan fingerprint density at radius 3 is 2.38 bits per heavy atom. The Morgan fingerprint density at radius 2 is 1.68 bits per heavy atom.